The van der Waals surface area contributed by atoms with Crippen molar-refractivity contribution < 1.29 is 22.8 Å². The Morgan fingerprint density at radius 1 is 0.895 bits per heavy atom. The van der Waals surface area contributed by atoms with Gasteiger partial charge in [0.2, 0.25) is 11.8 Å². The Bertz CT molecular complexity index is 1240. The van der Waals surface area contributed by atoms with Crippen molar-refractivity contribution in [2.24, 2.45) is 5.41 Å². The third-order valence-corrected chi connectivity index (χ3v) is 6.06. The van der Waals surface area contributed by atoms with Gasteiger partial charge in [-0.05, 0) is 35.4 Å². The van der Waals surface area contributed by atoms with Crippen molar-refractivity contribution in [3.63, 3.8) is 0 Å². The molecular formula is C30H34F3N3O2. The molecule has 1 heterocycles. The number of hydrogen-bond donors (Lipinski definition) is 0. The van der Waals surface area contributed by atoms with Gasteiger partial charge in [0.25, 0.3) is 0 Å². The van der Waals surface area contributed by atoms with E-state index in [1.165, 1.54) is 11.0 Å². The molecule has 0 radical (unpaired) electrons. The molecule has 5 nitrogen and oxygen atoms in total. The van der Waals surface area contributed by atoms with Gasteiger partial charge in [0.15, 0.2) is 0 Å². The maximum absolute atomic E-state index is 13.6. The minimum atomic E-state index is -4.42. The third kappa shape index (κ3) is 7.84. The molecule has 2 aromatic carbocycles. The molecule has 1 aromatic heterocycles. The molecule has 3 rings (SSSR count). The number of amides is 2. The van der Waals surface area contributed by atoms with Gasteiger partial charge < -0.3 is 14.4 Å². The van der Waals surface area contributed by atoms with E-state index < -0.39 is 17.2 Å². The van der Waals surface area contributed by atoms with Gasteiger partial charge in [0.05, 0.1) is 12.1 Å². The minimum absolute atomic E-state index is 0.108. The molecule has 2 amide bonds. The molecule has 0 saturated heterocycles. The van der Waals surface area contributed by atoms with Crippen LogP contribution < -0.4 is 0 Å². The zero-order valence-electron chi connectivity index (χ0n) is 22.0. The molecular weight excluding hydrogens is 491 g/mol. The van der Waals surface area contributed by atoms with Crippen LogP contribution in [-0.4, -0.2) is 39.3 Å². The fraction of sp³-hybridized carbons (Fsp3) is 0.333. The lowest BCUT2D eigenvalue weighted by Crippen LogP contribution is -2.46. The maximum atomic E-state index is 13.6. The third-order valence-electron chi connectivity index (χ3n) is 6.06. The number of nitrogens with zero attached hydrogens (tertiary/aromatic N) is 3. The van der Waals surface area contributed by atoms with Crippen molar-refractivity contribution in [2.45, 2.75) is 46.6 Å². The summed E-state index contributed by atoms with van der Waals surface area (Å²) in [6.45, 7) is 10.0. The van der Waals surface area contributed by atoms with Crippen molar-refractivity contribution in [2.75, 3.05) is 13.1 Å². The molecule has 0 aliphatic heterocycles. The number of benzene rings is 2. The molecule has 38 heavy (non-hydrogen) atoms. The van der Waals surface area contributed by atoms with Gasteiger partial charge in [-0.15, -0.1) is 6.58 Å². The summed E-state index contributed by atoms with van der Waals surface area (Å²) in [6, 6.07) is 18.4. The second-order valence-corrected chi connectivity index (χ2v) is 10.3. The predicted octanol–water partition coefficient (Wildman–Crippen LogP) is 6.14. The number of alkyl halides is 3. The van der Waals surface area contributed by atoms with Crippen LogP contribution in [0.1, 0.15) is 43.2 Å². The van der Waals surface area contributed by atoms with E-state index in [0.29, 0.717) is 12.1 Å². The molecule has 0 N–H and O–H groups in total. The lowest BCUT2D eigenvalue weighted by Gasteiger charge is -2.31. The summed E-state index contributed by atoms with van der Waals surface area (Å²) in [6.07, 6.45) is -1.04. The summed E-state index contributed by atoms with van der Waals surface area (Å²) < 4.78 is 41.4. The van der Waals surface area contributed by atoms with Crippen LogP contribution in [0.2, 0.25) is 0 Å². The second kappa shape index (κ2) is 12.2. The minimum Gasteiger partial charge on any atom is -0.345 e. The largest absolute Gasteiger partial charge is 0.416 e. The van der Waals surface area contributed by atoms with Crippen LogP contribution in [0.5, 0.6) is 0 Å². The highest BCUT2D eigenvalue weighted by Gasteiger charge is 2.31. The predicted molar refractivity (Wildman–Crippen MR) is 142 cm³/mol. The SMILES string of the molecule is C=CCN(CC(=O)N(Cc1ccccc1)Cc1cccn1Cc1cccc(C(F)(F)F)c1)C(=O)C(C)(C)C. The van der Waals surface area contributed by atoms with E-state index in [0.717, 1.165) is 23.4 Å². The van der Waals surface area contributed by atoms with Crippen LogP contribution in [-0.2, 0) is 35.4 Å². The number of rotatable bonds is 10. The summed E-state index contributed by atoms with van der Waals surface area (Å²) in [5, 5.41) is 0. The summed E-state index contributed by atoms with van der Waals surface area (Å²) in [4.78, 5) is 29.7. The molecule has 8 heteroatoms. The van der Waals surface area contributed by atoms with Gasteiger partial charge in [-0.3, -0.25) is 9.59 Å². The highest BCUT2D eigenvalue weighted by molar-refractivity contribution is 5.87. The highest BCUT2D eigenvalue weighted by atomic mass is 19.4. The molecule has 0 bridgehead atoms. The first kappa shape index (κ1) is 28.8. The van der Waals surface area contributed by atoms with Crippen molar-refractivity contribution in [1.29, 1.82) is 0 Å². The fourth-order valence-corrected chi connectivity index (χ4v) is 4.13. The zero-order chi connectivity index (χ0) is 27.9. The molecule has 3 aromatic rings. The topological polar surface area (TPSA) is 45.6 Å². The van der Waals surface area contributed by atoms with E-state index >= 15 is 0 Å². The smallest absolute Gasteiger partial charge is 0.345 e. The van der Waals surface area contributed by atoms with Crippen LogP contribution in [0, 0.1) is 5.41 Å². The average molecular weight is 526 g/mol. The normalized spacial score (nSPS) is 11.7. The molecule has 0 aliphatic carbocycles. The molecule has 0 aliphatic rings. The first-order chi connectivity index (χ1) is 17.9. The first-order valence-electron chi connectivity index (χ1n) is 12.4. The van der Waals surface area contributed by atoms with Gasteiger partial charge in [-0.2, -0.15) is 13.2 Å². The Morgan fingerprint density at radius 3 is 2.21 bits per heavy atom. The van der Waals surface area contributed by atoms with Gasteiger partial charge >= 0.3 is 6.18 Å². The van der Waals surface area contributed by atoms with Gasteiger partial charge in [0.1, 0.15) is 6.54 Å². The number of carbonyl (C=O) groups is 2. The molecule has 0 fully saturated rings. The van der Waals surface area contributed by atoms with E-state index in [9.17, 15) is 22.8 Å². The van der Waals surface area contributed by atoms with E-state index in [1.807, 2.05) is 41.0 Å². The van der Waals surface area contributed by atoms with Gasteiger partial charge in [-0.25, -0.2) is 0 Å². The highest BCUT2D eigenvalue weighted by Crippen LogP contribution is 2.30. The van der Waals surface area contributed by atoms with Crippen molar-refractivity contribution >= 4 is 11.8 Å². The number of carbonyl (C=O) groups excluding carboxylic acids is 2. The quantitative estimate of drug-likeness (QED) is 0.298. The van der Waals surface area contributed by atoms with E-state index in [2.05, 4.69) is 6.58 Å². The Morgan fingerprint density at radius 2 is 1.58 bits per heavy atom. The Kier molecular flexibility index (Phi) is 9.20. The molecule has 0 spiro atoms. The van der Waals surface area contributed by atoms with E-state index in [4.69, 9.17) is 0 Å². The molecule has 0 atom stereocenters. The monoisotopic (exact) mass is 525 g/mol. The Balaban J connectivity index is 1.86. The Labute approximate surface area is 222 Å². The lowest BCUT2D eigenvalue weighted by atomic mass is 9.94. The second-order valence-electron chi connectivity index (χ2n) is 10.3. The molecule has 0 saturated carbocycles. The maximum Gasteiger partial charge on any atom is 0.416 e. The van der Waals surface area contributed by atoms with Crippen LogP contribution in [0.25, 0.3) is 0 Å². The average Bonchev–Trinajstić information content (AvgIpc) is 3.29. The van der Waals surface area contributed by atoms with E-state index in [-0.39, 0.29) is 38.0 Å². The standard InChI is InChI=1S/C30H34F3N3O2/c1-5-16-35(28(38)29(2,3)4)22-27(37)36(19-23-11-7-6-8-12-23)21-26-15-10-17-34(26)20-24-13-9-14-25(18-24)30(31,32)33/h5-15,17-18H,1,16,19-22H2,2-4H3. The van der Waals surface area contributed by atoms with Gasteiger partial charge in [-0.1, -0.05) is 69.3 Å². The van der Waals surface area contributed by atoms with Crippen molar-refractivity contribution in [1.82, 2.24) is 14.4 Å². The first-order valence-corrected chi connectivity index (χ1v) is 12.4. The van der Waals surface area contributed by atoms with Gasteiger partial charge in [0, 0.05) is 36.9 Å². The van der Waals surface area contributed by atoms with Crippen molar-refractivity contribution in [3.05, 3.63) is 108 Å². The number of halogens is 3. The van der Waals surface area contributed by atoms with Crippen LogP contribution in [0.15, 0.2) is 85.6 Å². The van der Waals surface area contributed by atoms with Crippen molar-refractivity contribution in [3.8, 4) is 0 Å². The summed E-state index contributed by atoms with van der Waals surface area (Å²) in [5.41, 5.74) is 0.840. The fourth-order valence-electron chi connectivity index (χ4n) is 4.13. The summed E-state index contributed by atoms with van der Waals surface area (Å²) in [7, 11) is 0. The zero-order valence-corrected chi connectivity index (χ0v) is 22.0. The van der Waals surface area contributed by atoms with E-state index in [1.54, 1.807) is 50.1 Å². The number of hydrogen-bond acceptors (Lipinski definition) is 2. The summed E-state index contributed by atoms with van der Waals surface area (Å²) >= 11 is 0. The van der Waals surface area contributed by atoms with Crippen LogP contribution in [0.3, 0.4) is 0 Å². The van der Waals surface area contributed by atoms with Crippen LogP contribution in [0.4, 0.5) is 13.2 Å². The lowest BCUT2D eigenvalue weighted by molar-refractivity contribution is -0.145. The Hall–Kier alpha value is -3.81. The van der Waals surface area contributed by atoms with Crippen LogP contribution >= 0.6 is 0 Å². The number of aromatic nitrogens is 1. The molecule has 202 valence electrons. The molecule has 0 unspecified atom stereocenters. The summed E-state index contributed by atoms with van der Waals surface area (Å²) in [5.74, 6) is -0.390.